The maximum absolute atomic E-state index is 9.08. The molecule has 1 fully saturated rings. The molecule has 1 heterocycles. The molecule has 0 atom stereocenters. The van der Waals surface area contributed by atoms with Crippen molar-refractivity contribution in [1.29, 1.82) is 5.26 Å². The fraction of sp³-hybridized carbons (Fsp3) is 0.556. The third kappa shape index (κ3) is 2.68. The molecular weight excluding hydrogens is 258 g/mol. The number of rotatable bonds is 2. The molecule has 1 aromatic carbocycles. The Hall–Kier alpha value is -1.82. The van der Waals surface area contributed by atoms with E-state index in [4.69, 9.17) is 10.2 Å². The second kappa shape index (κ2) is 5.18. The first-order valence-electron chi connectivity index (χ1n) is 7.91. The van der Waals surface area contributed by atoms with Crippen LogP contribution in [-0.2, 0) is 12.0 Å². The Labute approximate surface area is 126 Å². The van der Waals surface area contributed by atoms with Gasteiger partial charge in [0.25, 0.3) is 0 Å². The Balaban J connectivity index is 2.10. The lowest BCUT2D eigenvalue weighted by molar-refractivity contribution is 0.381. The predicted molar refractivity (Wildman–Crippen MR) is 85.1 cm³/mol. The molecule has 0 aliphatic heterocycles. The number of nitrogens with zero attached hydrogens (tertiary/aromatic N) is 3. The largest absolute Gasteiger partial charge is 0.323 e. The van der Waals surface area contributed by atoms with E-state index in [9.17, 15) is 0 Å². The topological polar surface area (TPSA) is 41.6 Å². The highest BCUT2D eigenvalue weighted by Gasteiger charge is 2.24. The maximum atomic E-state index is 9.08. The van der Waals surface area contributed by atoms with Crippen LogP contribution < -0.4 is 0 Å². The average Bonchev–Trinajstić information content (AvgIpc) is 3.03. The summed E-state index contributed by atoms with van der Waals surface area (Å²) in [5.41, 5.74) is 2.80. The van der Waals surface area contributed by atoms with Gasteiger partial charge in [0.15, 0.2) is 0 Å². The van der Waals surface area contributed by atoms with Crippen molar-refractivity contribution in [2.75, 3.05) is 0 Å². The van der Waals surface area contributed by atoms with Gasteiger partial charge >= 0.3 is 0 Å². The SMILES string of the molecule is CC(C)(C)n1c(CC2CCCC2)nc2cc(C#N)ccc21. The van der Waals surface area contributed by atoms with Crippen LogP contribution in [0.4, 0.5) is 0 Å². The van der Waals surface area contributed by atoms with E-state index < -0.39 is 0 Å². The van der Waals surface area contributed by atoms with Crippen molar-refractivity contribution < 1.29 is 0 Å². The van der Waals surface area contributed by atoms with E-state index in [0.717, 1.165) is 23.4 Å². The zero-order valence-corrected chi connectivity index (χ0v) is 13.2. The van der Waals surface area contributed by atoms with Gasteiger partial charge in [0, 0.05) is 12.0 Å². The van der Waals surface area contributed by atoms with Gasteiger partial charge in [-0.1, -0.05) is 25.7 Å². The van der Waals surface area contributed by atoms with E-state index in [-0.39, 0.29) is 5.54 Å². The van der Waals surface area contributed by atoms with Gasteiger partial charge in [0.1, 0.15) is 5.82 Å². The lowest BCUT2D eigenvalue weighted by Crippen LogP contribution is -2.25. The minimum Gasteiger partial charge on any atom is -0.323 e. The van der Waals surface area contributed by atoms with Crippen molar-refractivity contribution in [3.05, 3.63) is 29.6 Å². The number of hydrogen-bond donors (Lipinski definition) is 0. The minimum atomic E-state index is 0.0108. The van der Waals surface area contributed by atoms with Crippen molar-refractivity contribution in [3.8, 4) is 6.07 Å². The third-order valence-corrected chi connectivity index (χ3v) is 4.47. The highest BCUT2D eigenvalue weighted by molar-refractivity contribution is 5.78. The zero-order chi connectivity index (χ0) is 15.0. The maximum Gasteiger partial charge on any atom is 0.110 e. The van der Waals surface area contributed by atoms with Crippen molar-refractivity contribution >= 4 is 11.0 Å². The Morgan fingerprint density at radius 2 is 2.00 bits per heavy atom. The van der Waals surface area contributed by atoms with Crippen LogP contribution in [0.15, 0.2) is 18.2 Å². The van der Waals surface area contributed by atoms with Gasteiger partial charge in [-0.05, 0) is 44.9 Å². The van der Waals surface area contributed by atoms with E-state index in [2.05, 4.69) is 31.4 Å². The van der Waals surface area contributed by atoms with Crippen molar-refractivity contribution in [2.45, 2.75) is 58.4 Å². The summed E-state index contributed by atoms with van der Waals surface area (Å²) in [6, 6.07) is 8.06. The molecule has 1 aliphatic carbocycles. The van der Waals surface area contributed by atoms with Crippen LogP contribution in [0.5, 0.6) is 0 Å². The van der Waals surface area contributed by atoms with Gasteiger partial charge < -0.3 is 4.57 Å². The molecule has 0 spiro atoms. The number of nitriles is 1. The van der Waals surface area contributed by atoms with Crippen molar-refractivity contribution in [2.24, 2.45) is 5.92 Å². The molecule has 0 radical (unpaired) electrons. The molecule has 1 aromatic heterocycles. The average molecular weight is 281 g/mol. The molecule has 3 rings (SSSR count). The molecule has 0 N–H and O–H groups in total. The monoisotopic (exact) mass is 281 g/mol. The molecule has 21 heavy (non-hydrogen) atoms. The molecule has 0 saturated heterocycles. The first kappa shape index (κ1) is 14.1. The van der Waals surface area contributed by atoms with Gasteiger partial charge in [0.05, 0.1) is 22.7 Å². The van der Waals surface area contributed by atoms with Crippen LogP contribution in [-0.4, -0.2) is 9.55 Å². The van der Waals surface area contributed by atoms with Crippen LogP contribution in [0.25, 0.3) is 11.0 Å². The minimum absolute atomic E-state index is 0.0108. The van der Waals surface area contributed by atoms with Crippen LogP contribution in [0.3, 0.4) is 0 Å². The number of fused-ring (bicyclic) bond motifs is 1. The fourth-order valence-electron chi connectivity index (χ4n) is 3.56. The molecule has 2 aromatic rings. The lowest BCUT2D eigenvalue weighted by Gasteiger charge is -2.25. The van der Waals surface area contributed by atoms with Gasteiger partial charge in [0.2, 0.25) is 0 Å². The van der Waals surface area contributed by atoms with Crippen molar-refractivity contribution in [3.63, 3.8) is 0 Å². The lowest BCUT2D eigenvalue weighted by atomic mass is 10.0. The van der Waals surface area contributed by atoms with Gasteiger partial charge in [-0.2, -0.15) is 5.26 Å². The second-order valence-corrected chi connectivity index (χ2v) is 7.20. The van der Waals surface area contributed by atoms with E-state index >= 15 is 0 Å². The fourth-order valence-corrected chi connectivity index (χ4v) is 3.56. The van der Waals surface area contributed by atoms with Crippen LogP contribution in [0.2, 0.25) is 0 Å². The second-order valence-electron chi connectivity index (χ2n) is 7.20. The van der Waals surface area contributed by atoms with Gasteiger partial charge in [-0.25, -0.2) is 4.98 Å². The summed E-state index contributed by atoms with van der Waals surface area (Å²) in [7, 11) is 0. The van der Waals surface area contributed by atoms with E-state index in [0.29, 0.717) is 5.56 Å². The number of imidazole rings is 1. The van der Waals surface area contributed by atoms with E-state index in [1.807, 2.05) is 18.2 Å². The molecule has 0 amide bonds. The molecule has 1 aliphatic rings. The smallest absolute Gasteiger partial charge is 0.110 e. The van der Waals surface area contributed by atoms with Crippen molar-refractivity contribution in [1.82, 2.24) is 9.55 Å². The molecule has 0 bridgehead atoms. The Bertz CT molecular complexity index is 692. The zero-order valence-electron chi connectivity index (χ0n) is 13.2. The summed E-state index contributed by atoms with van der Waals surface area (Å²) >= 11 is 0. The van der Waals surface area contributed by atoms with Crippen LogP contribution >= 0.6 is 0 Å². The van der Waals surface area contributed by atoms with Crippen LogP contribution in [0.1, 0.15) is 57.8 Å². The van der Waals surface area contributed by atoms with Crippen LogP contribution in [0, 0.1) is 17.2 Å². The Morgan fingerprint density at radius 3 is 2.62 bits per heavy atom. The summed E-state index contributed by atoms with van der Waals surface area (Å²) in [5, 5.41) is 9.08. The first-order chi connectivity index (χ1) is 9.99. The van der Waals surface area contributed by atoms with Gasteiger partial charge in [-0.3, -0.25) is 0 Å². The number of aromatic nitrogens is 2. The molecule has 3 nitrogen and oxygen atoms in total. The summed E-state index contributed by atoms with van der Waals surface area (Å²) < 4.78 is 2.36. The normalized spacial score (nSPS) is 16.5. The highest BCUT2D eigenvalue weighted by Crippen LogP contribution is 2.32. The quantitative estimate of drug-likeness (QED) is 0.819. The highest BCUT2D eigenvalue weighted by atomic mass is 15.1. The molecule has 3 heteroatoms. The molecule has 110 valence electrons. The summed E-state index contributed by atoms with van der Waals surface area (Å²) in [4.78, 5) is 4.86. The summed E-state index contributed by atoms with van der Waals surface area (Å²) in [6.07, 6.45) is 6.44. The number of benzene rings is 1. The first-order valence-corrected chi connectivity index (χ1v) is 7.91. The summed E-state index contributed by atoms with van der Waals surface area (Å²) in [5.74, 6) is 1.96. The Morgan fingerprint density at radius 1 is 1.29 bits per heavy atom. The third-order valence-electron chi connectivity index (χ3n) is 4.47. The van der Waals surface area contributed by atoms with E-state index in [1.54, 1.807) is 0 Å². The summed E-state index contributed by atoms with van der Waals surface area (Å²) in [6.45, 7) is 6.68. The standard InChI is InChI=1S/C18H23N3/c1-18(2,3)21-16-9-8-14(12-19)10-15(16)20-17(21)11-13-6-4-5-7-13/h8-10,13H,4-7,11H2,1-3H3. The molecule has 1 saturated carbocycles. The number of hydrogen-bond acceptors (Lipinski definition) is 2. The van der Waals surface area contributed by atoms with Gasteiger partial charge in [-0.15, -0.1) is 0 Å². The molecule has 0 unspecified atom stereocenters. The predicted octanol–water partition coefficient (Wildman–Crippen LogP) is 4.40. The molecular formula is C18H23N3. The van der Waals surface area contributed by atoms with E-state index in [1.165, 1.54) is 31.5 Å². The Kier molecular flexibility index (Phi) is 3.49.